The first-order valence-corrected chi connectivity index (χ1v) is 5.72. The molecule has 5 nitrogen and oxygen atoms in total. The van der Waals surface area contributed by atoms with Gasteiger partial charge in [0.25, 0.3) is 0 Å². The molecule has 0 bridgehead atoms. The molecule has 3 aromatic rings. The molecular formula is C13H13N3O2. The number of furan rings is 1. The van der Waals surface area contributed by atoms with E-state index in [0.717, 1.165) is 27.9 Å². The standard InChI is InChI=1S/C13H13N3O2/c1-7-8(2)17-11-5-9(3-4-10(7)11)13-15-12(6-14)18-16-13/h3-5H,6,14H2,1-2H3. The summed E-state index contributed by atoms with van der Waals surface area (Å²) in [7, 11) is 0. The summed E-state index contributed by atoms with van der Waals surface area (Å²) in [6.45, 7) is 4.24. The van der Waals surface area contributed by atoms with E-state index in [4.69, 9.17) is 14.7 Å². The van der Waals surface area contributed by atoms with Crippen LogP contribution in [0.25, 0.3) is 22.4 Å². The van der Waals surface area contributed by atoms with Gasteiger partial charge in [-0.05, 0) is 25.5 Å². The van der Waals surface area contributed by atoms with E-state index in [1.165, 1.54) is 0 Å². The lowest BCUT2D eigenvalue weighted by molar-refractivity contribution is 0.380. The highest BCUT2D eigenvalue weighted by molar-refractivity contribution is 5.85. The second-order valence-electron chi connectivity index (χ2n) is 4.21. The van der Waals surface area contributed by atoms with Gasteiger partial charge in [-0.15, -0.1) is 0 Å². The van der Waals surface area contributed by atoms with Gasteiger partial charge < -0.3 is 14.7 Å². The smallest absolute Gasteiger partial charge is 0.240 e. The van der Waals surface area contributed by atoms with E-state index in [9.17, 15) is 0 Å². The van der Waals surface area contributed by atoms with Crippen molar-refractivity contribution in [3.63, 3.8) is 0 Å². The van der Waals surface area contributed by atoms with Crippen molar-refractivity contribution in [2.24, 2.45) is 5.73 Å². The van der Waals surface area contributed by atoms with Crippen LogP contribution in [0, 0.1) is 13.8 Å². The molecular weight excluding hydrogens is 230 g/mol. The van der Waals surface area contributed by atoms with Gasteiger partial charge in [0.05, 0.1) is 6.54 Å². The maximum Gasteiger partial charge on any atom is 0.240 e. The van der Waals surface area contributed by atoms with Gasteiger partial charge in [0, 0.05) is 10.9 Å². The van der Waals surface area contributed by atoms with Gasteiger partial charge in [-0.1, -0.05) is 17.3 Å². The number of hydrogen-bond acceptors (Lipinski definition) is 5. The van der Waals surface area contributed by atoms with Gasteiger partial charge in [-0.2, -0.15) is 4.98 Å². The molecule has 0 radical (unpaired) electrons. The Bertz CT molecular complexity index is 712. The van der Waals surface area contributed by atoms with Gasteiger partial charge in [-0.3, -0.25) is 0 Å². The molecule has 0 aliphatic carbocycles. The van der Waals surface area contributed by atoms with E-state index in [0.29, 0.717) is 11.7 Å². The molecule has 18 heavy (non-hydrogen) atoms. The van der Waals surface area contributed by atoms with Gasteiger partial charge in [0.2, 0.25) is 11.7 Å². The number of nitrogens with zero attached hydrogens (tertiary/aromatic N) is 2. The molecule has 0 saturated carbocycles. The summed E-state index contributed by atoms with van der Waals surface area (Å²) in [5, 5.41) is 5.00. The van der Waals surface area contributed by atoms with Gasteiger partial charge >= 0.3 is 0 Å². The van der Waals surface area contributed by atoms with Crippen LogP contribution in [0.5, 0.6) is 0 Å². The summed E-state index contributed by atoms with van der Waals surface area (Å²) in [6.07, 6.45) is 0. The highest BCUT2D eigenvalue weighted by Gasteiger charge is 2.11. The zero-order chi connectivity index (χ0) is 12.7. The number of rotatable bonds is 2. The second kappa shape index (κ2) is 3.96. The summed E-state index contributed by atoms with van der Waals surface area (Å²) < 4.78 is 10.7. The summed E-state index contributed by atoms with van der Waals surface area (Å²) in [4.78, 5) is 4.19. The molecule has 2 aromatic heterocycles. The number of aromatic nitrogens is 2. The monoisotopic (exact) mass is 243 g/mol. The van der Waals surface area contributed by atoms with Crippen molar-refractivity contribution >= 4 is 11.0 Å². The highest BCUT2D eigenvalue weighted by atomic mass is 16.5. The molecule has 0 saturated heterocycles. The normalized spacial score (nSPS) is 11.3. The molecule has 0 aliphatic heterocycles. The lowest BCUT2D eigenvalue weighted by Crippen LogP contribution is -1.95. The second-order valence-corrected chi connectivity index (χ2v) is 4.21. The fraction of sp³-hybridized carbons (Fsp3) is 0.231. The summed E-state index contributed by atoms with van der Waals surface area (Å²) in [5.74, 6) is 1.89. The third-order valence-electron chi connectivity index (χ3n) is 3.08. The van der Waals surface area contributed by atoms with Crippen LogP contribution in [0.1, 0.15) is 17.2 Å². The van der Waals surface area contributed by atoms with Crippen LogP contribution in [0.3, 0.4) is 0 Å². The predicted molar refractivity (Wildman–Crippen MR) is 66.9 cm³/mol. The molecule has 92 valence electrons. The lowest BCUT2D eigenvalue weighted by Gasteiger charge is -1.94. The highest BCUT2D eigenvalue weighted by Crippen LogP contribution is 2.28. The van der Waals surface area contributed by atoms with Crippen LogP contribution in [0.15, 0.2) is 27.1 Å². The Hall–Kier alpha value is -2.14. The first kappa shape index (κ1) is 11.0. The first-order chi connectivity index (χ1) is 8.69. The van der Waals surface area contributed by atoms with Crippen molar-refractivity contribution < 1.29 is 8.94 Å². The average molecular weight is 243 g/mol. The fourth-order valence-corrected chi connectivity index (χ4v) is 1.94. The van der Waals surface area contributed by atoms with Gasteiger partial charge in [-0.25, -0.2) is 0 Å². The van der Waals surface area contributed by atoms with Crippen LogP contribution in [-0.2, 0) is 6.54 Å². The molecule has 3 rings (SSSR count). The molecule has 0 atom stereocenters. The zero-order valence-electron chi connectivity index (χ0n) is 10.2. The Morgan fingerprint density at radius 1 is 1.28 bits per heavy atom. The Balaban J connectivity index is 2.13. The average Bonchev–Trinajstić information content (AvgIpc) is 2.95. The van der Waals surface area contributed by atoms with E-state index >= 15 is 0 Å². The van der Waals surface area contributed by atoms with Gasteiger partial charge in [0.15, 0.2) is 0 Å². The molecule has 0 fully saturated rings. The summed E-state index contributed by atoms with van der Waals surface area (Å²) >= 11 is 0. The van der Waals surface area contributed by atoms with Crippen molar-refractivity contribution in [2.45, 2.75) is 20.4 Å². The van der Waals surface area contributed by atoms with Crippen LogP contribution < -0.4 is 5.73 Å². The Kier molecular flexibility index (Phi) is 2.41. The molecule has 5 heteroatoms. The summed E-state index contributed by atoms with van der Waals surface area (Å²) in [6, 6.07) is 5.88. The molecule has 1 aromatic carbocycles. The largest absolute Gasteiger partial charge is 0.461 e. The molecule has 2 N–H and O–H groups in total. The minimum atomic E-state index is 0.244. The van der Waals surface area contributed by atoms with Crippen LogP contribution >= 0.6 is 0 Å². The Morgan fingerprint density at radius 2 is 2.11 bits per heavy atom. The van der Waals surface area contributed by atoms with Crippen molar-refractivity contribution in [1.29, 1.82) is 0 Å². The summed E-state index contributed by atoms with van der Waals surface area (Å²) in [5.41, 5.74) is 8.30. The number of fused-ring (bicyclic) bond motifs is 1. The third-order valence-corrected chi connectivity index (χ3v) is 3.08. The number of aryl methyl sites for hydroxylation is 2. The molecule has 2 heterocycles. The SMILES string of the molecule is Cc1oc2cc(-c3noc(CN)n3)ccc2c1C. The van der Waals surface area contributed by atoms with Crippen molar-refractivity contribution in [3.05, 3.63) is 35.4 Å². The zero-order valence-corrected chi connectivity index (χ0v) is 10.2. The van der Waals surface area contributed by atoms with Crippen molar-refractivity contribution in [1.82, 2.24) is 10.1 Å². The van der Waals surface area contributed by atoms with E-state index in [2.05, 4.69) is 10.1 Å². The van der Waals surface area contributed by atoms with E-state index in [-0.39, 0.29) is 6.54 Å². The maximum atomic E-state index is 5.68. The van der Waals surface area contributed by atoms with E-state index < -0.39 is 0 Å². The van der Waals surface area contributed by atoms with Crippen LogP contribution in [0.2, 0.25) is 0 Å². The fourth-order valence-electron chi connectivity index (χ4n) is 1.94. The minimum absolute atomic E-state index is 0.244. The number of nitrogens with two attached hydrogens (primary N) is 1. The lowest BCUT2D eigenvalue weighted by atomic mass is 10.1. The van der Waals surface area contributed by atoms with Crippen LogP contribution in [0.4, 0.5) is 0 Å². The van der Waals surface area contributed by atoms with Crippen LogP contribution in [-0.4, -0.2) is 10.1 Å². The molecule has 0 aliphatic rings. The number of benzene rings is 1. The van der Waals surface area contributed by atoms with Crippen molar-refractivity contribution in [3.8, 4) is 11.4 Å². The van der Waals surface area contributed by atoms with Gasteiger partial charge in [0.1, 0.15) is 11.3 Å². The topological polar surface area (TPSA) is 78.1 Å². The first-order valence-electron chi connectivity index (χ1n) is 5.72. The Morgan fingerprint density at radius 3 is 2.83 bits per heavy atom. The van der Waals surface area contributed by atoms with E-state index in [1.807, 2.05) is 32.0 Å². The maximum absolute atomic E-state index is 5.68. The Labute approximate surface area is 104 Å². The molecule has 0 unspecified atom stereocenters. The number of hydrogen-bond donors (Lipinski definition) is 1. The van der Waals surface area contributed by atoms with E-state index in [1.54, 1.807) is 0 Å². The third kappa shape index (κ3) is 1.60. The van der Waals surface area contributed by atoms with Crippen molar-refractivity contribution in [2.75, 3.05) is 0 Å². The molecule has 0 spiro atoms. The quantitative estimate of drug-likeness (QED) is 0.748. The predicted octanol–water partition coefficient (Wildman–Crippen LogP) is 2.56. The minimum Gasteiger partial charge on any atom is -0.461 e. The molecule has 0 amide bonds.